The van der Waals surface area contributed by atoms with Gasteiger partial charge in [-0.15, -0.1) is 0 Å². The molecule has 2 N–H and O–H groups in total. The Morgan fingerprint density at radius 3 is 3.22 bits per heavy atom. The SMILES string of the molecule is CC[C@@H](NC(=O)c1n[nH]c2c1CCC2)c1cn2cccnc2n1. The molecule has 3 aromatic rings. The number of fused-ring (bicyclic) bond motifs is 2. The van der Waals surface area contributed by atoms with Gasteiger partial charge in [0.15, 0.2) is 5.69 Å². The lowest BCUT2D eigenvalue weighted by Crippen LogP contribution is -2.29. The van der Waals surface area contributed by atoms with Crippen molar-refractivity contribution >= 4 is 11.7 Å². The lowest BCUT2D eigenvalue weighted by molar-refractivity contribution is 0.0928. The number of rotatable bonds is 4. The molecule has 1 aliphatic carbocycles. The van der Waals surface area contributed by atoms with E-state index in [0.29, 0.717) is 11.5 Å². The Labute approximate surface area is 133 Å². The van der Waals surface area contributed by atoms with Crippen LogP contribution >= 0.6 is 0 Å². The second-order valence-corrected chi connectivity index (χ2v) is 5.81. The zero-order valence-corrected chi connectivity index (χ0v) is 12.9. The van der Waals surface area contributed by atoms with E-state index in [-0.39, 0.29) is 11.9 Å². The summed E-state index contributed by atoms with van der Waals surface area (Å²) in [7, 11) is 0. The van der Waals surface area contributed by atoms with Crippen molar-refractivity contribution in [2.45, 2.75) is 38.6 Å². The molecule has 3 aromatic heterocycles. The fourth-order valence-corrected chi connectivity index (χ4v) is 3.14. The third kappa shape index (κ3) is 2.38. The van der Waals surface area contributed by atoms with Crippen molar-refractivity contribution in [2.24, 2.45) is 0 Å². The van der Waals surface area contributed by atoms with E-state index in [1.165, 1.54) is 0 Å². The predicted molar refractivity (Wildman–Crippen MR) is 84.1 cm³/mol. The molecule has 0 unspecified atom stereocenters. The first kappa shape index (κ1) is 13.9. The van der Waals surface area contributed by atoms with E-state index in [2.05, 4.69) is 25.5 Å². The molecule has 1 amide bonds. The van der Waals surface area contributed by atoms with Crippen LogP contribution in [-0.4, -0.2) is 30.5 Å². The Kier molecular flexibility index (Phi) is 3.33. The van der Waals surface area contributed by atoms with E-state index in [9.17, 15) is 4.79 Å². The summed E-state index contributed by atoms with van der Waals surface area (Å²) in [5.74, 6) is 0.497. The van der Waals surface area contributed by atoms with Crippen LogP contribution in [0.25, 0.3) is 5.78 Å². The van der Waals surface area contributed by atoms with Crippen molar-refractivity contribution in [3.63, 3.8) is 0 Å². The molecule has 0 aromatic carbocycles. The van der Waals surface area contributed by atoms with Gasteiger partial charge in [-0.3, -0.25) is 14.3 Å². The van der Waals surface area contributed by atoms with Gasteiger partial charge in [0.2, 0.25) is 5.78 Å². The number of hydrogen-bond acceptors (Lipinski definition) is 4. The molecule has 4 rings (SSSR count). The van der Waals surface area contributed by atoms with Gasteiger partial charge in [0.1, 0.15) is 0 Å². The van der Waals surface area contributed by atoms with Crippen LogP contribution in [0.2, 0.25) is 0 Å². The van der Waals surface area contributed by atoms with Gasteiger partial charge in [-0.05, 0) is 31.7 Å². The van der Waals surface area contributed by atoms with Gasteiger partial charge in [0, 0.05) is 29.8 Å². The molecular weight excluding hydrogens is 292 g/mol. The first-order valence-corrected chi connectivity index (χ1v) is 7.93. The molecule has 0 bridgehead atoms. The van der Waals surface area contributed by atoms with E-state index >= 15 is 0 Å². The monoisotopic (exact) mass is 310 g/mol. The molecule has 3 heterocycles. The van der Waals surface area contributed by atoms with Crippen molar-refractivity contribution < 1.29 is 4.79 Å². The molecule has 7 heteroatoms. The van der Waals surface area contributed by atoms with E-state index < -0.39 is 0 Å². The number of amides is 1. The molecule has 0 fully saturated rings. The number of imidazole rings is 1. The smallest absolute Gasteiger partial charge is 0.272 e. The highest BCUT2D eigenvalue weighted by Crippen LogP contribution is 2.24. The standard InChI is InChI=1S/C16H18N6O/c1-2-11(13-9-22-8-4-7-17-16(22)19-13)18-15(23)14-10-5-3-6-12(10)20-21-14/h4,7-9,11H,2-3,5-6H2,1H3,(H,18,23)(H,20,21)/t11-/m1/s1. The molecule has 0 aliphatic heterocycles. The Morgan fingerprint density at radius 2 is 2.39 bits per heavy atom. The number of hydrogen-bond donors (Lipinski definition) is 2. The average molecular weight is 310 g/mol. The van der Waals surface area contributed by atoms with Crippen LogP contribution in [0.4, 0.5) is 0 Å². The summed E-state index contributed by atoms with van der Waals surface area (Å²) in [6.45, 7) is 2.03. The Hall–Kier alpha value is -2.70. The zero-order chi connectivity index (χ0) is 15.8. The van der Waals surface area contributed by atoms with Crippen LogP contribution < -0.4 is 5.32 Å². The van der Waals surface area contributed by atoms with Crippen molar-refractivity contribution in [3.8, 4) is 0 Å². The Morgan fingerprint density at radius 1 is 1.48 bits per heavy atom. The highest BCUT2D eigenvalue weighted by molar-refractivity contribution is 5.94. The number of nitrogens with one attached hydrogen (secondary N) is 2. The van der Waals surface area contributed by atoms with Gasteiger partial charge in [-0.2, -0.15) is 5.10 Å². The van der Waals surface area contributed by atoms with E-state index in [1.807, 2.05) is 29.8 Å². The first-order chi connectivity index (χ1) is 11.3. The largest absolute Gasteiger partial charge is 0.342 e. The molecule has 1 aliphatic rings. The summed E-state index contributed by atoms with van der Waals surface area (Å²) in [6.07, 6.45) is 9.24. The Bertz CT molecular complexity index is 831. The minimum absolute atomic E-state index is 0.138. The van der Waals surface area contributed by atoms with Crippen molar-refractivity contribution in [1.82, 2.24) is 29.9 Å². The number of H-pyrrole nitrogens is 1. The van der Waals surface area contributed by atoms with Gasteiger partial charge in [-0.25, -0.2) is 9.97 Å². The molecule has 1 atom stereocenters. The molecular formula is C16H18N6O. The third-order valence-electron chi connectivity index (χ3n) is 4.35. The molecule has 23 heavy (non-hydrogen) atoms. The van der Waals surface area contributed by atoms with Crippen LogP contribution in [0, 0.1) is 0 Å². The van der Waals surface area contributed by atoms with E-state index in [0.717, 1.165) is 42.6 Å². The molecule has 7 nitrogen and oxygen atoms in total. The lowest BCUT2D eigenvalue weighted by atomic mass is 10.1. The second-order valence-electron chi connectivity index (χ2n) is 5.81. The van der Waals surface area contributed by atoms with Gasteiger partial charge >= 0.3 is 0 Å². The summed E-state index contributed by atoms with van der Waals surface area (Å²) >= 11 is 0. The minimum atomic E-state index is -0.155. The number of nitrogens with zero attached hydrogens (tertiary/aromatic N) is 4. The van der Waals surface area contributed by atoms with Crippen LogP contribution in [0.1, 0.15) is 53.2 Å². The van der Waals surface area contributed by atoms with Crippen molar-refractivity contribution in [3.05, 3.63) is 47.3 Å². The average Bonchev–Trinajstić information content (AvgIpc) is 3.25. The fourth-order valence-electron chi connectivity index (χ4n) is 3.14. The maximum Gasteiger partial charge on any atom is 0.272 e. The number of carbonyl (C=O) groups is 1. The van der Waals surface area contributed by atoms with Gasteiger partial charge in [-0.1, -0.05) is 6.92 Å². The molecule has 0 spiro atoms. The number of aromatic nitrogens is 5. The van der Waals surface area contributed by atoms with Gasteiger partial charge < -0.3 is 5.32 Å². The zero-order valence-electron chi connectivity index (χ0n) is 12.9. The summed E-state index contributed by atoms with van der Waals surface area (Å²) in [5.41, 5.74) is 3.50. The van der Waals surface area contributed by atoms with Crippen LogP contribution in [-0.2, 0) is 12.8 Å². The summed E-state index contributed by atoms with van der Waals surface area (Å²) in [4.78, 5) is 21.3. The molecule has 0 radical (unpaired) electrons. The molecule has 118 valence electrons. The fraction of sp³-hybridized carbons (Fsp3) is 0.375. The maximum atomic E-state index is 12.6. The van der Waals surface area contributed by atoms with Crippen molar-refractivity contribution in [2.75, 3.05) is 0 Å². The van der Waals surface area contributed by atoms with Crippen LogP contribution in [0.5, 0.6) is 0 Å². The molecule has 0 saturated carbocycles. The summed E-state index contributed by atoms with van der Waals surface area (Å²) < 4.78 is 1.86. The number of aromatic amines is 1. The van der Waals surface area contributed by atoms with E-state index in [4.69, 9.17) is 0 Å². The first-order valence-electron chi connectivity index (χ1n) is 7.93. The Balaban J connectivity index is 1.59. The van der Waals surface area contributed by atoms with Crippen LogP contribution in [0.15, 0.2) is 24.7 Å². The topological polar surface area (TPSA) is 88.0 Å². The van der Waals surface area contributed by atoms with E-state index in [1.54, 1.807) is 6.20 Å². The van der Waals surface area contributed by atoms with Crippen molar-refractivity contribution in [1.29, 1.82) is 0 Å². The quantitative estimate of drug-likeness (QED) is 0.769. The summed E-state index contributed by atoms with van der Waals surface area (Å²) in [6, 6.07) is 1.70. The number of aryl methyl sites for hydroxylation is 1. The van der Waals surface area contributed by atoms with Gasteiger partial charge in [0.25, 0.3) is 5.91 Å². The normalized spacial score (nSPS) is 14.8. The highest BCUT2D eigenvalue weighted by Gasteiger charge is 2.25. The predicted octanol–water partition coefficient (Wildman–Crippen LogP) is 1.82. The summed E-state index contributed by atoms with van der Waals surface area (Å²) in [5, 5.41) is 10.2. The lowest BCUT2D eigenvalue weighted by Gasteiger charge is -2.14. The third-order valence-corrected chi connectivity index (χ3v) is 4.35. The van der Waals surface area contributed by atoms with Gasteiger partial charge in [0.05, 0.1) is 11.7 Å². The number of carbonyl (C=O) groups excluding carboxylic acids is 1. The second kappa shape index (κ2) is 5.49. The maximum absolute atomic E-state index is 12.6. The minimum Gasteiger partial charge on any atom is -0.342 e. The molecule has 0 saturated heterocycles. The highest BCUT2D eigenvalue weighted by atomic mass is 16.2. The van der Waals surface area contributed by atoms with Crippen LogP contribution in [0.3, 0.4) is 0 Å².